The Kier molecular flexibility index (Phi) is 8.61. The summed E-state index contributed by atoms with van der Waals surface area (Å²) in [7, 11) is 3.51. The van der Waals surface area contributed by atoms with E-state index in [1.54, 1.807) is 7.11 Å². The van der Waals surface area contributed by atoms with Crippen LogP contribution in [0.4, 0.5) is 0 Å². The van der Waals surface area contributed by atoms with E-state index < -0.39 is 0 Å². The van der Waals surface area contributed by atoms with Crippen molar-refractivity contribution in [3.8, 4) is 0 Å². The molecule has 2 atom stereocenters. The van der Waals surface area contributed by atoms with Gasteiger partial charge in [0.25, 0.3) is 0 Å². The van der Waals surface area contributed by atoms with Crippen LogP contribution in [0.1, 0.15) is 32.1 Å². The van der Waals surface area contributed by atoms with E-state index in [1.807, 2.05) is 7.11 Å². The van der Waals surface area contributed by atoms with Crippen molar-refractivity contribution >= 4 is 0 Å². The summed E-state index contributed by atoms with van der Waals surface area (Å²) in [6.45, 7) is 3.24. The minimum absolute atomic E-state index is 0.458. The summed E-state index contributed by atoms with van der Waals surface area (Å²) in [4.78, 5) is 0. The Morgan fingerprint density at radius 2 is 2.00 bits per heavy atom. The van der Waals surface area contributed by atoms with Gasteiger partial charge in [-0.05, 0) is 38.6 Å². The van der Waals surface area contributed by atoms with Gasteiger partial charge in [-0.25, -0.2) is 0 Å². The number of nitrogens with one attached hydrogen (secondary N) is 1. The van der Waals surface area contributed by atoms with Gasteiger partial charge in [0.05, 0.1) is 19.3 Å². The molecular weight excluding hydrogens is 218 g/mol. The number of ether oxygens (including phenoxy) is 3. The highest BCUT2D eigenvalue weighted by Gasteiger charge is 2.20. The minimum atomic E-state index is 0.458. The third-order valence-electron chi connectivity index (χ3n) is 3.29. The Bertz CT molecular complexity index is 178. The molecule has 102 valence electrons. The number of hydrogen-bond donors (Lipinski definition) is 1. The first-order valence-corrected chi connectivity index (χ1v) is 6.69. The van der Waals surface area contributed by atoms with Crippen LogP contribution in [0, 0.1) is 0 Å². The Morgan fingerprint density at radius 1 is 1.12 bits per heavy atom. The molecule has 1 aliphatic carbocycles. The molecule has 4 heteroatoms. The van der Waals surface area contributed by atoms with Crippen LogP contribution in [-0.4, -0.2) is 52.7 Å². The monoisotopic (exact) mass is 245 g/mol. The zero-order chi connectivity index (χ0) is 12.3. The van der Waals surface area contributed by atoms with Crippen molar-refractivity contribution in [2.75, 3.05) is 40.6 Å². The van der Waals surface area contributed by atoms with Crippen LogP contribution < -0.4 is 5.32 Å². The average Bonchev–Trinajstić information content (AvgIpc) is 2.38. The normalized spacial score (nSPS) is 25.1. The highest BCUT2D eigenvalue weighted by Crippen LogP contribution is 2.20. The molecule has 0 amide bonds. The fourth-order valence-corrected chi connectivity index (χ4v) is 2.27. The number of methoxy groups -OCH3 is 2. The SMILES string of the molecule is COCCOCCCNC1CCCC(OC)C1. The molecule has 0 saturated heterocycles. The van der Waals surface area contributed by atoms with Crippen molar-refractivity contribution < 1.29 is 14.2 Å². The maximum absolute atomic E-state index is 5.42. The first-order valence-electron chi connectivity index (χ1n) is 6.69. The molecule has 0 aliphatic heterocycles. The van der Waals surface area contributed by atoms with Crippen molar-refractivity contribution in [1.82, 2.24) is 5.32 Å². The van der Waals surface area contributed by atoms with Gasteiger partial charge in [-0.2, -0.15) is 0 Å². The summed E-state index contributed by atoms with van der Waals surface area (Å²) < 4.78 is 15.7. The van der Waals surface area contributed by atoms with Crippen molar-refractivity contribution in [3.05, 3.63) is 0 Å². The van der Waals surface area contributed by atoms with E-state index in [9.17, 15) is 0 Å². The molecule has 0 aromatic carbocycles. The molecule has 2 unspecified atom stereocenters. The molecule has 0 radical (unpaired) electrons. The second-order valence-electron chi connectivity index (χ2n) is 4.63. The van der Waals surface area contributed by atoms with Gasteiger partial charge in [0.1, 0.15) is 0 Å². The maximum Gasteiger partial charge on any atom is 0.0700 e. The van der Waals surface area contributed by atoms with Crippen molar-refractivity contribution in [2.24, 2.45) is 0 Å². The van der Waals surface area contributed by atoms with Crippen molar-refractivity contribution in [1.29, 1.82) is 0 Å². The lowest BCUT2D eigenvalue weighted by molar-refractivity contribution is 0.0561. The average molecular weight is 245 g/mol. The molecular formula is C13H27NO3. The van der Waals surface area contributed by atoms with Gasteiger partial charge in [-0.3, -0.25) is 0 Å². The molecule has 1 fully saturated rings. The van der Waals surface area contributed by atoms with E-state index in [4.69, 9.17) is 14.2 Å². The smallest absolute Gasteiger partial charge is 0.0700 e. The van der Waals surface area contributed by atoms with Gasteiger partial charge >= 0.3 is 0 Å². The summed E-state index contributed by atoms with van der Waals surface area (Å²) in [5, 5.41) is 3.59. The Labute approximate surface area is 105 Å². The zero-order valence-electron chi connectivity index (χ0n) is 11.2. The highest BCUT2D eigenvalue weighted by molar-refractivity contribution is 4.77. The lowest BCUT2D eigenvalue weighted by Crippen LogP contribution is -2.37. The predicted molar refractivity (Wildman–Crippen MR) is 68.4 cm³/mol. The standard InChI is InChI=1S/C13H27NO3/c1-15-9-10-17-8-4-7-14-12-5-3-6-13(11-12)16-2/h12-14H,3-11H2,1-2H3. The molecule has 0 aromatic rings. The summed E-state index contributed by atoms with van der Waals surface area (Å²) >= 11 is 0. The van der Waals surface area contributed by atoms with Crippen LogP contribution in [-0.2, 0) is 14.2 Å². The van der Waals surface area contributed by atoms with Crippen LogP contribution in [0.2, 0.25) is 0 Å². The molecule has 1 aliphatic rings. The second kappa shape index (κ2) is 9.83. The third-order valence-corrected chi connectivity index (χ3v) is 3.29. The van der Waals surface area contributed by atoms with Gasteiger partial charge in [-0.1, -0.05) is 0 Å². The number of hydrogen-bond acceptors (Lipinski definition) is 4. The van der Waals surface area contributed by atoms with E-state index in [1.165, 1.54) is 19.3 Å². The Hall–Kier alpha value is -0.160. The molecule has 0 spiro atoms. The van der Waals surface area contributed by atoms with E-state index in [-0.39, 0.29) is 0 Å². The molecule has 17 heavy (non-hydrogen) atoms. The van der Waals surface area contributed by atoms with Crippen molar-refractivity contribution in [3.63, 3.8) is 0 Å². The van der Waals surface area contributed by atoms with E-state index >= 15 is 0 Å². The first-order chi connectivity index (χ1) is 8.36. The fraction of sp³-hybridized carbons (Fsp3) is 1.00. The molecule has 0 bridgehead atoms. The second-order valence-corrected chi connectivity index (χ2v) is 4.63. The molecule has 4 nitrogen and oxygen atoms in total. The van der Waals surface area contributed by atoms with Gasteiger partial charge in [0.15, 0.2) is 0 Å². The lowest BCUT2D eigenvalue weighted by Gasteiger charge is -2.28. The maximum atomic E-state index is 5.42. The lowest BCUT2D eigenvalue weighted by atomic mass is 9.93. The topological polar surface area (TPSA) is 39.7 Å². The van der Waals surface area contributed by atoms with Crippen molar-refractivity contribution in [2.45, 2.75) is 44.2 Å². The van der Waals surface area contributed by atoms with Gasteiger partial charge in [0, 0.05) is 26.9 Å². The van der Waals surface area contributed by atoms with Crippen LogP contribution in [0.15, 0.2) is 0 Å². The number of rotatable bonds is 9. The van der Waals surface area contributed by atoms with Crippen LogP contribution in [0.5, 0.6) is 0 Å². The third kappa shape index (κ3) is 6.99. The highest BCUT2D eigenvalue weighted by atomic mass is 16.5. The minimum Gasteiger partial charge on any atom is -0.382 e. The molecule has 0 aromatic heterocycles. The quantitative estimate of drug-likeness (QED) is 0.626. The summed E-state index contributed by atoms with van der Waals surface area (Å²) in [5.41, 5.74) is 0. The van der Waals surface area contributed by atoms with E-state index in [0.717, 1.165) is 26.0 Å². The summed E-state index contributed by atoms with van der Waals surface area (Å²) in [6, 6.07) is 0.632. The van der Waals surface area contributed by atoms with E-state index in [2.05, 4.69) is 5.32 Å². The summed E-state index contributed by atoms with van der Waals surface area (Å²) in [5.74, 6) is 0. The first kappa shape index (κ1) is 14.9. The largest absolute Gasteiger partial charge is 0.382 e. The summed E-state index contributed by atoms with van der Waals surface area (Å²) in [6.07, 6.45) is 6.46. The Balaban J connectivity index is 1.91. The predicted octanol–water partition coefficient (Wildman–Crippen LogP) is 1.59. The molecule has 1 saturated carbocycles. The molecule has 1 N–H and O–H groups in total. The molecule has 0 heterocycles. The van der Waals surface area contributed by atoms with Crippen LogP contribution in [0.3, 0.4) is 0 Å². The molecule has 1 rings (SSSR count). The van der Waals surface area contributed by atoms with E-state index in [0.29, 0.717) is 25.4 Å². The zero-order valence-corrected chi connectivity index (χ0v) is 11.2. The van der Waals surface area contributed by atoms with Crippen LogP contribution in [0.25, 0.3) is 0 Å². The fourth-order valence-electron chi connectivity index (χ4n) is 2.27. The Morgan fingerprint density at radius 3 is 2.76 bits per heavy atom. The van der Waals surface area contributed by atoms with Gasteiger partial charge < -0.3 is 19.5 Å². The van der Waals surface area contributed by atoms with Gasteiger partial charge in [-0.15, -0.1) is 0 Å². The van der Waals surface area contributed by atoms with Gasteiger partial charge in [0.2, 0.25) is 0 Å². The van der Waals surface area contributed by atoms with Crippen LogP contribution >= 0.6 is 0 Å².